The second kappa shape index (κ2) is 7.95. The van der Waals surface area contributed by atoms with Crippen molar-refractivity contribution < 1.29 is 14.6 Å². The van der Waals surface area contributed by atoms with E-state index >= 15 is 0 Å². The summed E-state index contributed by atoms with van der Waals surface area (Å²) in [5.74, 6) is 0.865. The molecule has 128 valence electrons. The summed E-state index contributed by atoms with van der Waals surface area (Å²) in [6, 6.07) is 0. The number of amides is 1. The molecular formula is C16H29ClN2O3. The fourth-order valence-corrected chi connectivity index (χ4v) is 4.33. The molecule has 3 aliphatic heterocycles. The fourth-order valence-electron chi connectivity index (χ4n) is 4.33. The quantitative estimate of drug-likeness (QED) is 0.793. The Kier molecular flexibility index (Phi) is 6.50. The van der Waals surface area contributed by atoms with Crippen molar-refractivity contribution in [3.63, 3.8) is 0 Å². The second-order valence-electron chi connectivity index (χ2n) is 6.91. The van der Waals surface area contributed by atoms with Gasteiger partial charge in [0, 0.05) is 51.3 Å². The van der Waals surface area contributed by atoms with E-state index in [1.165, 1.54) is 0 Å². The summed E-state index contributed by atoms with van der Waals surface area (Å²) in [5, 5.41) is 13.0. The number of piperidine rings is 2. The molecule has 0 aliphatic carbocycles. The molecule has 0 bridgehead atoms. The molecule has 1 amide bonds. The van der Waals surface area contributed by atoms with Crippen LogP contribution in [0.4, 0.5) is 0 Å². The predicted octanol–water partition coefficient (Wildman–Crippen LogP) is 1.05. The molecule has 0 aromatic heterocycles. The van der Waals surface area contributed by atoms with Gasteiger partial charge in [0.25, 0.3) is 0 Å². The third-order valence-corrected chi connectivity index (χ3v) is 5.92. The highest BCUT2D eigenvalue weighted by Gasteiger charge is 2.43. The van der Waals surface area contributed by atoms with E-state index in [2.05, 4.69) is 10.2 Å². The maximum absolute atomic E-state index is 12.6. The average molecular weight is 333 g/mol. The van der Waals surface area contributed by atoms with Gasteiger partial charge < -0.3 is 20.1 Å². The SMILES string of the molecule is Cl.O=C(C1CCOCC1)N1CCC2(CCNCC2CO)CC1. The Morgan fingerprint density at radius 2 is 1.91 bits per heavy atom. The number of carbonyl (C=O) groups excluding carboxylic acids is 1. The van der Waals surface area contributed by atoms with E-state index in [0.29, 0.717) is 11.8 Å². The highest BCUT2D eigenvalue weighted by Crippen LogP contribution is 2.43. The van der Waals surface area contributed by atoms with E-state index in [9.17, 15) is 9.90 Å². The minimum Gasteiger partial charge on any atom is -0.396 e. The molecule has 1 spiro atoms. The van der Waals surface area contributed by atoms with Gasteiger partial charge in [-0.15, -0.1) is 12.4 Å². The Hall–Kier alpha value is -0.360. The lowest BCUT2D eigenvalue weighted by atomic mass is 9.65. The number of nitrogens with one attached hydrogen (secondary N) is 1. The number of likely N-dealkylation sites (tertiary alicyclic amines) is 1. The van der Waals surface area contributed by atoms with Crippen molar-refractivity contribution >= 4 is 18.3 Å². The fraction of sp³-hybridized carbons (Fsp3) is 0.938. The summed E-state index contributed by atoms with van der Waals surface area (Å²) in [6.45, 7) is 5.42. The number of aliphatic hydroxyl groups excluding tert-OH is 1. The number of nitrogens with zero attached hydrogens (tertiary/aromatic N) is 1. The summed E-state index contributed by atoms with van der Waals surface area (Å²) < 4.78 is 5.35. The zero-order chi connectivity index (χ0) is 14.7. The smallest absolute Gasteiger partial charge is 0.225 e. The molecule has 1 atom stereocenters. The molecule has 3 heterocycles. The van der Waals surface area contributed by atoms with Gasteiger partial charge in [0.1, 0.15) is 0 Å². The van der Waals surface area contributed by atoms with E-state index in [-0.39, 0.29) is 30.3 Å². The van der Waals surface area contributed by atoms with E-state index in [1.807, 2.05) is 0 Å². The number of carbonyl (C=O) groups is 1. The molecule has 3 fully saturated rings. The van der Waals surface area contributed by atoms with Gasteiger partial charge in [-0.1, -0.05) is 0 Å². The molecule has 5 nitrogen and oxygen atoms in total. The molecule has 0 aromatic carbocycles. The van der Waals surface area contributed by atoms with Gasteiger partial charge >= 0.3 is 0 Å². The number of rotatable bonds is 2. The molecule has 6 heteroatoms. The lowest BCUT2D eigenvalue weighted by molar-refractivity contribution is -0.142. The molecule has 0 saturated carbocycles. The number of hydrogen-bond donors (Lipinski definition) is 2. The van der Waals surface area contributed by atoms with E-state index < -0.39 is 0 Å². The van der Waals surface area contributed by atoms with Crippen molar-refractivity contribution in [2.75, 3.05) is 46.0 Å². The molecule has 2 N–H and O–H groups in total. The third-order valence-electron chi connectivity index (χ3n) is 5.92. The Morgan fingerprint density at radius 3 is 2.55 bits per heavy atom. The van der Waals surface area contributed by atoms with Crippen LogP contribution in [0.3, 0.4) is 0 Å². The summed E-state index contributed by atoms with van der Waals surface area (Å²) in [7, 11) is 0. The van der Waals surface area contributed by atoms with Gasteiger partial charge in [0.15, 0.2) is 0 Å². The van der Waals surface area contributed by atoms with Crippen LogP contribution in [0, 0.1) is 17.3 Å². The second-order valence-corrected chi connectivity index (χ2v) is 6.91. The average Bonchev–Trinajstić information content (AvgIpc) is 2.56. The summed E-state index contributed by atoms with van der Waals surface area (Å²) in [6.07, 6.45) is 4.99. The van der Waals surface area contributed by atoms with Crippen LogP contribution < -0.4 is 5.32 Å². The number of aliphatic hydroxyl groups is 1. The zero-order valence-corrected chi connectivity index (χ0v) is 14.1. The first-order valence-electron chi connectivity index (χ1n) is 8.43. The molecule has 0 aromatic rings. The van der Waals surface area contributed by atoms with Crippen LogP contribution in [0.15, 0.2) is 0 Å². The normalized spacial score (nSPS) is 29.1. The Balaban J connectivity index is 0.00000176. The lowest BCUT2D eigenvalue weighted by Gasteiger charge is -2.49. The van der Waals surface area contributed by atoms with Gasteiger partial charge in [-0.05, 0) is 44.1 Å². The van der Waals surface area contributed by atoms with Crippen molar-refractivity contribution in [1.82, 2.24) is 10.2 Å². The summed E-state index contributed by atoms with van der Waals surface area (Å²) >= 11 is 0. The van der Waals surface area contributed by atoms with Crippen molar-refractivity contribution in [2.45, 2.75) is 32.1 Å². The largest absolute Gasteiger partial charge is 0.396 e. The van der Waals surface area contributed by atoms with Crippen molar-refractivity contribution in [3.8, 4) is 0 Å². The molecule has 3 rings (SSSR count). The van der Waals surface area contributed by atoms with Crippen LogP contribution in [0.5, 0.6) is 0 Å². The number of halogens is 1. The Labute approximate surface area is 139 Å². The number of ether oxygens (including phenoxy) is 1. The monoisotopic (exact) mass is 332 g/mol. The molecule has 22 heavy (non-hydrogen) atoms. The number of hydrogen-bond acceptors (Lipinski definition) is 4. The standard InChI is InChI=1S/C16H28N2O3.ClH/c19-12-14-11-17-6-3-16(14)4-7-18(8-5-16)15(20)13-1-9-21-10-2-13;/h13-14,17,19H,1-12H2;1H. The molecule has 0 radical (unpaired) electrons. The van der Waals surface area contributed by atoms with Crippen molar-refractivity contribution in [3.05, 3.63) is 0 Å². The first-order chi connectivity index (χ1) is 10.2. The van der Waals surface area contributed by atoms with E-state index in [0.717, 1.165) is 71.5 Å². The maximum Gasteiger partial charge on any atom is 0.225 e. The summed E-state index contributed by atoms with van der Waals surface area (Å²) in [5.41, 5.74) is 0.256. The lowest BCUT2D eigenvalue weighted by Crippen LogP contribution is -2.54. The minimum atomic E-state index is 0. The molecule has 3 aliphatic rings. The van der Waals surface area contributed by atoms with Crippen LogP contribution in [-0.4, -0.2) is 61.9 Å². The van der Waals surface area contributed by atoms with Crippen molar-refractivity contribution in [2.24, 2.45) is 17.3 Å². The molecule has 1 unspecified atom stereocenters. The first kappa shape index (κ1) is 18.0. The molecule has 3 saturated heterocycles. The summed E-state index contributed by atoms with van der Waals surface area (Å²) in [4.78, 5) is 14.7. The van der Waals surface area contributed by atoms with Gasteiger partial charge in [0.2, 0.25) is 5.91 Å². The van der Waals surface area contributed by atoms with Crippen LogP contribution in [0.2, 0.25) is 0 Å². The van der Waals surface area contributed by atoms with Crippen molar-refractivity contribution in [1.29, 1.82) is 0 Å². The topological polar surface area (TPSA) is 61.8 Å². The van der Waals surface area contributed by atoms with E-state index in [4.69, 9.17) is 4.74 Å². The predicted molar refractivity (Wildman–Crippen MR) is 87.1 cm³/mol. The van der Waals surface area contributed by atoms with Gasteiger partial charge in [-0.3, -0.25) is 4.79 Å². The van der Waals surface area contributed by atoms with Crippen LogP contribution in [0.1, 0.15) is 32.1 Å². The van der Waals surface area contributed by atoms with Crippen LogP contribution >= 0.6 is 12.4 Å². The van der Waals surface area contributed by atoms with Crippen LogP contribution in [0.25, 0.3) is 0 Å². The van der Waals surface area contributed by atoms with Gasteiger partial charge in [-0.2, -0.15) is 0 Å². The molecular weight excluding hydrogens is 304 g/mol. The first-order valence-corrected chi connectivity index (χ1v) is 8.43. The van der Waals surface area contributed by atoms with E-state index in [1.54, 1.807) is 0 Å². The van der Waals surface area contributed by atoms with Crippen LogP contribution in [-0.2, 0) is 9.53 Å². The minimum absolute atomic E-state index is 0. The third kappa shape index (κ3) is 3.58. The Bertz CT molecular complexity index is 366. The maximum atomic E-state index is 12.6. The Morgan fingerprint density at radius 1 is 1.23 bits per heavy atom. The highest BCUT2D eigenvalue weighted by molar-refractivity contribution is 5.85. The highest BCUT2D eigenvalue weighted by atomic mass is 35.5. The van der Waals surface area contributed by atoms with Gasteiger partial charge in [-0.25, -0.2) is 0 Å². The zero-order valence-electron chi connectivity index (χ0n) is 13.3. The van der Waals surface area contributed by atoms with Gasteiger partial charge in [0.05, 0.1) is 0 Å².